The fraction of sp³-hybridized carbons (Fsp3) is 0.429. The van der Waals surface area contributed by atoms with E-state index in [-0.39, 0.29) is 49.0 Å². The summed E-state index contributed by atoms with van der Waals surface area (Å²) in [6, 6.07) is 16.8. The minimum Gasteiger partial charge on any atom is -0.490 e. The van der Waals surface area contributed by atoms with Gasteiger partial charge in [0, 0.05) is 61.9 Å². The number of fused-ring (bicyclic) bond motifs is 1. The van der Waals surface area contributed by atoms with Gasteiger partial charge in [0.15, 0.2) is 0 Å². The first-order chi connectivity index (χ1) is 21.7. The van der Waals surface area contributed by atoms with E-state index in [4.69, 9.17) is 9.47 Å². The Labute approximate surface area is 265 Å². The molecule has 2 heterocycles. The van der Waals surface area contributed by atoms with Crippen LogP contribution >= 0.6 is 0 Å². The van der Waals surface area contributed by atoms with Crippen molar-refractivity contribution < 1.29 is 29.0 Å². The minimum atomic E-state index is -0.516. The van der Waals surface area contributed by atoms with Crippen LogP contribution in [0.4, 0.5) is 5.69 Å². The number of amides is 3. The van der Waals surface area contributed by atoms with Crippen molar-refractivity contribution in [3.05, 3.63) is 89.7 Å². The monoisotopic (exact) mass is 616 g/mol. The Morgan fingerprint density at radius 2 is 1.80 bits per heavy atom. The van der Waals surface area contributed by atoms with Gasteiger partial charge in [-0.15, -0.1) is 0 Å². The molecule has 45 heavy (non-hydrogen) atoms. The van der Waals surface area contributed by atoms with Crippen molar-refractivity contribution in [1.29, 1.82) is 0 Å². The van der Waals surface area contributed by atoms with E-state index in [1.807, 2.05) is 19.9 Å². The summed E-state index contributed by atoms with van der Waals surface area (Å²) in [5.74, 6) is -0.547. The molecular weight excluding hydrogens is 572 g/mol. The first kappa shape index (κ1) is 33.6. The number of benzene rings is 2. The van der Waals surface area contributed by atoms with Crippen molar-refractivity contribution >= 4 is 23.4 Å². The van der Waals surface area contributed by atoms with Crippen LogP contribution in [0.5, 0.6) is 5.75 Å². The van der Waals surface area contributed by atoms with Crippen molar-refractivity contribution in [2.45, 2.75) is 58.3 Å². The smallest absolute Gasteiger partial charge is 0.258 e. The largest absolute Gasteiger partial charge is 0.490 e. The summed E-state index contributed by atoms with van der Waals surface area (Å²) in [4.78, 5) is 47.6. The van der Waals surface area contributed by atoms with Gasteiger partial charge in [-0.05, 0) is 75.6 Å². The predicted octanol–water partition coefficient (Wildman–Crippen LogP) is 4.90. The zero-order valence-electron chi connectivity index (χ0n) is 26.5. The van der Waals surface area contributed by atoms with Gasteiger partial charge in [0.2, 0.25) is 0 Å². The zero-order chi connectivity index (χ0) is 32.3. The van der Waals surface area contributed by atoms with Gasteiger partial charge in [-0.1, -0.05) is 25.1 Å². The van der Waals surface area contributed by atoms with Crippen LogP contribution in [-0.2, 0) is 4.74 Å². The third kappa shape index (κ3) is 9.12. The maximum atomic E-state index is 14.3. The molecule has 0 bridgehead atoms. The Morgan fingerprint density at radius 3 is 2.51 bits per heavy atom. The van der Waals surface area contributed by atoms with Crippen LogP contribution in [0.1, 0.15) is 71.1 Å². The second-order valence-electron chi connectivity index (χ2n) is 11.8. The van der Waals surface area contributed by atoms with E-state index in [2.05, 4.69) is 10.3 Å². The number of pyridine rings is 1. The summed E-state index contributed by atoms with van der Waals surface area (Å²) in [5, 5.41) is 13.1. The number of hydrogen-bond acceptors (Lipinski definition) is 7. The van der Waals surface area contributed by atoms with Gasteiger partial charge in [-0.3, -0.25) is 19.4 Å². The van der Waals surface area contributed by atoms with Crippen molar-refractivity contribution in [3.63, 3.8) is 0 Å². The summed E-state index contributed by atoms with van der Waals surface area (Å²) < 4.78 is 12.6. The lowest BCUT2D eigenvalue weighted by Gasteiger charge is -2.36. The van der Waals surface area contributed by atoms with Gasteiger partial charge in [0.1, 0.15) is 5.75 Å². The maximum Gasteiger partial charge on any atom is 0.258 e. The van der Waals surface area contributed by atoms with Crippen LogP contribution < -0.4 is 10.1 Å². The van der Waals surface area contributed by atoms with E-state index < -0.39 is 6.04 Å². The molecule has 1 aliphatic rings. The third-order valence-electron chi connectivity index (χ3n) is 8.07. The molecule has 1 aliphatic heterocycles. The highest BCUT2D eigenvalue weighted by Crippen LogP contribution is 2.29. The number of aliphatic hydroxyl groups is 1. The zero-order valence-corrected chi connectivity index (χ0v) is 26.5. The highest BCUT2D eigenvalue weighted by Gasteiger charge is 2.31. The molecule has 0 unspecified atom stereocenters. The Kier molecular flexibility index (Phi) is 12.1. The second-order valence-corrected chi connectivity index (χ2v) is 11.8. The second kappa shape index (κ2) is 16.2. The van der Waals surface area contributed by atoms with E-state index >= 15 is 0 Å². The maximum absolute atomic E-state index is 14.3. The molecule has 10 heteroatoms. The summed E-state index contributed by atoms with van der Waals surface area (Å²) in [5.41, 5.74) is 1.78. The van der Waals surface area contributed by atoms with Crippen LogP contribution in [0.3, 0.4) is 0 Å². The lowest BCUT2D eigenvalue weighted by Crippen LogP contribution is -2.48. The lowest BCUT2D eigenvalue weighted by molar-refractivity contribution is -0.0149. The molecule has 0 saturated carbocycles. The molecule has 0 spiro atoms. The third-order valence-corrected chi connectivity index (χ3v) is 8.07. The number of hydrogen-bond donors (Lipinski definition) is 2. The topological polar surface area (TPSA) is 121 Å². The van der Waals surface area contributed by atoms with Gasteiger partial charge in [0.25, 0.3) is 17.7 Å². The fourth-order valence-electron chi connectivity index (χ4n) is 5.32. The van der Waals surface area contributed by atoms with Crippen LogP contribution in [0.15, 0.2) is 73.1 Å². The molecule has 0 radical (unpaired) electrons. The normalized spacial score (nSPS) is 20.2. The van der Waals surface area contributed by atoms with Crippen molar-refractivity contribution in [2.24, 2.45) is 5.92 Å². The molecular formula is C35H44N4O6. The van der Waals surface area contributed by atoms with Crippen LogP contribution in [0.2, 0.25) is 0 Å². The Bertz CT molecular complexity index is 1420. The number of aromatic nitrogens is 1. The fourth-order valence-corrected chi connectivity index (χ4v) is 5.32. The average Bonchev–Trinajstić information content (AvgIpc) is 3.06. The molecule has 2 N–H and O–H groups in total. The average molecular weight is 617 g/mol. The Morgan fingerprint density at radius 1 is 1.07 bits per heavy atom. The van der Waals surface area contributed by atoms with Gasteiger partial charge < -0.3 is 29.7 Å². The van der Waals surface area contributed by atoms with Gasteiger partial charge in [-0.2, -0.15) is 0 Å². The van der Waals surface area contributed by atoms with E-state index in [1.165, 1.54) is 0 Å². The van der Waals surface area contributed by atoms with Crippen molar-refractivity contribution in [3.8, 4) is 5.75 Å². The molecule has 4 rings (SSSR count). The summed E-state index contributed by atoms with van der Waals surface area (Å²) in [6.45, 7) is 6.58. The molecule has 3 amide bonds. The van der Waals surface area contributed by atoms with E-state index in [1.54, 1.807) is 90.8 Å². The van der Waals surface area contributed by atoms with Gasteiger partial charge >= 0.3 is 0 Å². The van der Waals surface area contributed by atoms with E-state index in [9.17, 15) is 19.5 Å². The Hall–Kier alpha value is -4.28. The number of rotatable bonds is 7. The summed E-state index contributed by atoms with van der Waals surface area (Å²) >= 11 is 0. The number of carbonyl (C=O) groups is 3. The molecule has 1 aromatic heterocycles. The Balaban J connectivity index is 1.63. The quantitative estimate of drug-likeness (QED) is 0.387. The SMILES string of the molecule is C[C@@H]1CN([C@H](C)CO)C(=O)c2cc(NC(=O)c3ccccc3)ccc2O[C@@H](C)CCCCO[C@@H]1CN(C)C(=O)c1ccncc1. The molecule has 4 atom stereocenters. The minimum absolute atomic E-state index is 0.144. The highest BCUT2D eigenvalue weighted by molar-refractivity contribution is 6.05. The molecule has 0 saturated heterocycles. The molecule has 10 nitrogen and oxygen atoms in total. The number of likely N-dealkylation sites (N-methyl/N-ethyl adjacent to an activating group) is 1. The van der Waals surface area contributed by atoms with Crippen molar-refractivity contribution in [1.82, 2.24) is 14.8 Å². The number of anilines is 1. The molecule has 0 fully saturated rings. The standard InChI is InChI=1S/C35H44N4O6/c1-24-21-39(25(2)23-40)35(43)30-20-29(37-33(41)27-11-6-5-7-12-27)13-14-31(30)45-26(3)10-8-9-19-44-32(24)22-38(4)34(42)28-15-17-36-18-16-28/h5-7,11-18,20,24-26,32,40H,8-10,19,21-23H2,1-4H3,(H,37,41)/t24-,25-,26+,32-/m1/s1. The van der Waals surface area contributed by atoms with Crippen LogP contribution in [0.25, 0.3) is 0 Å². The predicted molar refractivity (Wildman–Crippen MR) is 172 cm³/mol. The van der Waals surface area contributed by atoms with E-state index in [0.29, 0.717) is 41.3 Å². The molecule has 2 aromatic carbocycles. The first-order valence-electron chi connectivity index (χ1n) is 15.5. The number of ether oxygens (including phenoxy) is 2. The number of nitrogens with one attached hydrogen (secondary N) is 1. The number of carbonyl (C=O) groups excluding carboxylic acids is 3. The number of aliphatic hydroxyl groups excluding tert-OH is 1. The lowest BCUT2D eigenvalue weighted by atomic mass is 10.0. The summed E-state index contributed by atoms with van der Waals surface area (Å²) in [7, 11) is 1.74. The molecule has 0 aliphatic carbocycles. The van der Waals surface area contributed by atoms with E-state index in [0.717, 1.165) is 19.3 Å². The van der Waals surface area contributed by atoms with Crippen LogP contribution in [-0.4, -0.2) is 89.2 Å². The van der Waals surface area contributed by atoms with Gasteiger partial charge in [0.05, 0.1) is 30.4 Å². The molecule has 3 aromatic rings. The summed E-state index contributed by atoms with van der Waals surface area (Å²) in [6.07, 6.45) is 5.05. The molecule has 240 valence electrons. The first-order valence-corrected chi connectivity index (χ1v) is 15.5. The number of nitrogens with zero attached hydrogens (tertiary/aromatic N) is 3. The van der Waals surface area contributed by atoms with Crippen LogP contribution in [0, 0.1) is 5.92 Å². The highest BCUT2D eigenvalue weighted by atomic mass is 16.5. The van der Waals surface area contributed by atoms with Gasteiger partial charge in [-0.25, -0.2) is 0 Å². The van der Waals surface area contributed by atoms with Crippen molar-refractivity contribution in [2.75, 3.05) is 38.7 Å².